The average Bonchev–Trinajstić information content (AvgIpc) is 2.55. The monoisotopic (exact) mass is 386 g/mol. The van der Waals surface area contributed by atoms with Gasteiger partial charge in [0.05, 0.1) is 16.3 Å². The predicted octanol–water partition coefficient (Wildman–Crippen LogP) is 5.18. The van der Waals surface area contributed by atoms with Gasteiger partial charge in [-0.3, -0.25) is 4.79 Å². The van der Waals surface area contributed by atoms with Crippen LogP contribution in [0.4, 0.5) is 27.6 Å². The van der Waals surface area contributed by atoms with Gasteiger partial charge in [0.2, 0.25) is 0 Å². The van der Waals surface area contributed by atoms with E-state index in [1.807, 2.05) is 5.32 Å². The van der Waals surface area contributed by atoms with Gasteiger partial charge in [0.1, 0.15) is 23.3 Å². The molecule has 0 fully saturated rings. The van der Waals surface area contributed by atoms with E-state index >= 15 is 0 Å². The molecule has 1 amide bonds. The van der Waals surface area contributed by atoms with Crippen LogP contribution in [-0.4, -0.2) is 5.91 Å². The molecule has 1 N–H and O–H groups in total. The maximum absolute atomic E-state index is 13.6. The highest BCUT2D eigenvalue weighted by Crippen LogP contribution is 2.34. The Kier molecular flexibility index (Phi) is 5.63. The van der Waals surface area contributed by atoms with Gasteiger partial charge in [-0.05, 0) is 36.4 Å². The van der Waals surface area contributed by atoms with E-state index < -0.39 is 46.1 Å². The van der Waals surface area contributed by atoms with Gasteiger partial charge in [-0.1, -0.05) is 17.7 Å². The normalized spacial score (nSPS) is 11.8. The lowest BCUT2D eigenvalue weighted by molar-refractivity contribution is -0.137. The van der Waals surface area contributed by atoms with E-state index in [9.17, 15) is 26.7 Å². The van der Waals surface area contributed by atoms with Gasteiger partial charge >= 0.3 is 6.18 Å². The van der Waals surface area contributed by atoms with E-state index in [1.54, 1.807) is 0 Å². The maximum atomic E-state index is 13.6. The number of hydrogen-bond acceptors (Lipinski definition) is 2. The fraction of sp³-hybridized carbons (Fsp3) is 0.0588. The summed E-state index contributed by atoms with van der Waals surface area (Å²) in [6.07, 6.45) is -4.02. The minimum absolute atomic E-state index is 0.208. The number of rotatable bonds is 3. The number of carbonyl (C=O) groups is 1. The van der Waals surface area contributed by atoms with Crippen LogP contribution in [0.2, 0.25) is 5.02 Å². The smallest absolute Gasteiger partial charge is 0.320 e. The van der Waals surface area contributed by atoms with Crippen LogP contribution in [0, 0.1) is 23.0 Å². The van der Waals surface area contributed by atoms with Crippen molar-refractivity contribution in [3.8, 4) is 6.07 Å². The zero-order valence-corrected chi connectivity index (χ0v) is 13.4. The van der Waals surface area contributed by atoms with Crippen molar-refractivity contribution in [2.75, 3.05) is 5.32 Å². The largest absolute Gasteiger partial charge is 0.416 e. The number of alkyl halides is 3. The molecule has 2 aromatic rings. The van der Waals surface area contributed by atoms with Crippen molar-refractivity contribution in [1.29, 1.82) is 5.26 Å². The van der Waals surface area contributed by atoms with E-state index in [4.69, 9.17) is 16.9 Å². The number of amides is 1. The van der Waals surface area contributed by atoms with E-state index in [0.717, 1.165) is 24.3 Å². The molecular weight excluding hydrogens is 379 g/mol. The summed E-state index contributed by atoms with van der Waals surface area (Å²) in [5, 5.41) is 10.9. The molecule has 0 heterocycles. The van der Waals surface area contributed by atoms with Gasteiger partial charge in [0.25, 0.3) is 5.91 Å². The second-order valence-electron chi connectivity index (χ2n) is 4.95. The molecule has 0 aliphatic rings. The number of halogens is 6. The third kappa shape index (κ3) is 4.37. The summed E-state index contributed by atoms with van der Waals surface area (Å²) in [6.45, 7) is 0. The van der Waals surface area contributed by atoms with Crippen molar-refractivity contribution < 1.29 is 26.7 Å². The fourth-order valence-corrected chi connectivity index (χ4v) is 2.09. The van der Waals surface area contributed by atoms with E-state index in [0.29, 0.717) is 18.2 Å². The molecule has 0 radical (unpaired) electrons. The quantitative estimate of drug-likeness (QED) is 0.449. The molecule has 0 atom stereocenters. The van der Waals surface area contributed by atoms with Gasteiger partial charge < -0.3 is 5.32 Å². The summed E-state index contributed by atoms with van der Waals surface area (Å²) >= 11 is 5.74. The third-order valence-corrected chi connectivity index (χ3v) is 3.52. The highest BCUT2D eigenvalue weighted by atomic mass is 35.5. The SMILES string of the molecule is N#C/C(=C\c1c(F)cccc1F)C(=O)Nc1cc(C(F)(F)F)ccc1Cl. The summed E-state index contributed by atoms with van der Waals surface area (Å²) in [5.74, 6) is -3.19. The van der Waals surface area contributed by atoms with Crippen LogP contribution >= 0.6 is 11.6 Å². The van der Waals surface area contributed by atoms with Gasteiger partial charge in [-0.25, -0.2) is 8.78 Å². The highest BCUT2D eigenvalue weighted by Gasteiger charge is 2.31. The lowest BCUT2D eigenvalue weighted by Gasteiger charge is -2.11. The number of nitriles is 1. The zero-order chi connectivity index (χ0) is 19.5. The van der Waals surface area contributed by atoms with Crippen molar-refractivity contribution in [1.82, 2.24) is 0 Å². The summed E-state index contributed by atoms with van der Waals surface area (Å²) in [4.78, 5) is 12.1. The summed E-state index contributed by atoms with van der Waals surface area (Å²) in [6, 6.07) is 6.60. The van der Waals surface area contributed by atoms with E-state index in [1.165, 1.54) is 6.07 Å². The third-order valence-electron chi connectivity index (χ3n) is 3.20. The molecule has 134 valence electrons. The van der Waals surface area contributed by atoms with Crippen molar-refractivity contribution >= 4 is 29.3 Å². The molecule has 3 nitrogen and oxygen atoms in total. The molecule has 0 aliphatic heterocycles. The van der Waals surface area contributed by atoms with Crippen LogP contribution in [0.15, 0.2) is 42.0 Å². The highest BCUT2D eigenvalue weighted by molar-refractivity contribution is 6.34. The van der Waals surface area contributed by atoms with E-state index in [-0.39, 0.29) is 5.02 Å². The van der Waals surface area contributed by atoms with Crippen LogP contribution in [0.3, 0.4) is 0 Å². The number of carbonyl (C=O) groups excluding carboxylic acids is 1. The van der Waals surface area contributed by atoms with Crippen LogP contribution in [-0.2, 0) is 11.0 Å². The molecule has 26 heavy (non-hydrogen) atoms. The first kappa shape index (κ1) is 19.4. The average molecular weight is 387 g/mol. The Hall–Kier alpha value is -2.92. The van der Waals surface area contributed by atoms with E-state index in [2.05, 4.69) is 0 Å². The van der Waals surface area contributed by atoms with Crippen molar-refractivity contribution in [2.24, 2.45) is 0 Å². The van der Waals surface area contributed by atoms with Crippen LogP contribution in [0.5, 0.6) is 0 Å². The maximum Gasteiger partial charge on any atom is 0.416 e. The first-order valence-electron chi connectivity index (χ1n) is 6.87. The fourth-order valence-electron chi connectivity index (χ4n) is 1.93. The predicted molar refractivity (Wildman–Crippen MR) is 85.0 cm³/mol. The van der Waals surface area contributed by atoms with Gasteiger partial charge in [0.15, 0.2) is 0 Å². The molecule has 0 aliphatic carbocycles. The van der Waals surface area contributed by atoms with Crippen molar-refractivity contribution in [2.45, 2.75) is 6.18 Å². The molecule has 0 saturated carbocycles. The first-order valence-corrected chi connectivity index (χ1v) is 7.25. The number of anilines is 1. The lowest BCUT2D eigenvalue weighted by atomic mass is 10.1. The molecule has 0 spiro atoms. The van der Waals surface area contributed by atoms with Crippen LogP contribution in [0.1, 0.15) is 11.1 Å². The topological polar surface area (TPSA) is 52.9 Å². The van der Waals surface area contributed by atoms with Gasteiger partial charge in [-0.15, -0.1) is 0 Å². The molecule has 9 heteroatoms. The Morgan fingerprint density at radius 3 is 2.31 bits per heavy atom. The molecule has 2 rings (SSSR count). The number of nitrogens with one attached hydrogen (secondary N) is 1. The Labute approximate surface area is 149 Å². The standard InChI is InChI=1S/C17H8ClF5N2O/c18-12-5-4-10(17(21,22)23)7-15(12)25-16(26)9(8-24)6-11-13(19)2-1-3-14(11)20/h1-7H,(H,25,26)/b9-6+. The molecular formula is C17H8ClF5N2O. The number of nitrogens with zero attached hydrogens (tertiary/aromatic N) is 1. The number of benzene rings is 2. The second kappa shape index (κ2) is 7.54. The summed E-state index contributed by atoms with van der Waals surface area (Å²) in [7, 11) is 0. The Morgan fingerprint density at radius 2 is 1.77 bits per heavy atom. The van der Waals surface area contributed by atoms with Crippen LogP contribution < -0.4 is 5.32 Å². The molecule has 0 aromatic heterocycles. The van der Waals surface area contributed by atoms with Crippen molar-refractivity contribution in [3.63, 3.8) is 0 Å². The van der Waals surface area contributed by atoms with Gasteiger partial charge in [0, 0.05) is 5.56 Å². The van der Waals surface area contributed by atoms with Gasteiger partial charge in [-0.2, -0.15) is 18.4 Å². The summed E-state index contributed by atoms with van der Waals surface area (Å²) in [5.41, 5.74) is -2.82. The Morgan fingerprint density at radius 1 is 1.15 bits per heavy atom. The minimum Gasteiger partial charge on any atom is -0.320 e. The lowest BCUT2D eigenvalue weighted by Crippen LogP contribution is -2.15. The molecule has 0 unspecified atom stereocenters. The first-order chi connectivity index (χ1) is 12.1. The minimum atomic E-state index is -4.67. The molecule has 2 aromatic carbocycles. The zero-order valence-electron chi connectivity index (χ0n) is 12.7. The van der Waals surface area contributed by atoms with Crippen LogP contribution in [0.25, 0.3) is 6.08 Å². The van der Waals surface area contributed by atoms with Crippen molar-refractivity contribution in [3.05, 3.63) is 69.8 Å². The summed E-state index contributed by atoms with van der Waals surface area (Å²) < 4.78 is 65.4. The number of hydrogen-bond donors (Lipinski definition) is 1. The molecule has 0 saturated heterocycles. The Balaban J connectivity index is 2.37. The Bertz CT molecular complexity index is 911. The second-order valence-corrected chi connectivity index (χ2v) is 5.36. The molecule has 0 bridgehead atoms.